The Hall–Kier alpha value is -3.68. The monoisotopic (exact) mass is 362 g/mol. The fourth-order valence-corrected chi connectivity index (χ4v) is 2.79. The molecule has 136 valence electrons. The summed E-state index contributed by atoms with van der Waals surface area (Å²) in [6, 6.07) is 15.0. The molecule has 8 heteroatoms. The van der Waals surface area contributed by atoms with Crippen LogP contribution in [-0.2, 0) is 18.9 Å². The molecular formula is C19H18N6O2. The first kappa shape index (κ1) is 16.8. The molecule has 0 aliphatic rings. The molecule has 0 unspecified atom stereocenters. The first-order valence-electron chi connectivity index (χ1n) is 8.41. The molecule has 1 amide bonds. The van der Waals surface area contributed by atoms with E-state index in [0.717, 1.165) is 22.2 Å². The van der Waals surface area contributed by atoms with Crippen molar-refractivity contribution in [1.82, 2.24) is 24.8 Å². The van der Waals surface area contributed by atoms with Crippen molar-refractivity contribution in [2.75, 3.05) is 11.9 Å². The van der Waals surface area contributed by atoms with Crippen molar-refractivity contribution in [3.63, 3.8) is 0 Å². The van der Waals surface area contributed by atoms with Crippen LogP contribution < -0.4 is 10.1 Å². The Labute approximate surface area is 155 Å². The number of aromatic nitrogens is 5. The maximum absolute atomic E-state index is 12.2. The lowest BCUT2D eigenvalue weighted by atomic mass is 10.2. The number of fused-ring (bicyclic) bond motifs is 1. The van der Waals surface area contributed by atoms with Gasteiger partial charge in [-0.1, -0.05) is 6.07 Å². The Kier molecular flexibility index (Phi) is 4.29. The van der Waals surface area contributed by atoms with Gasteiger partial charge >= 0.3 is 0 Å². The van der Waals surface area contributed by atoms with Gasteiger partial charge in [-0.25, -0.2) is 0 Å². The summed E-state index contributed by atoms with van der Waals surface area (Å²) in [5, 5.41) is 15.9. The van der Waals surface area contributed by atoms with Gasteiger partial charge in [0, 0.05) is 30.0 Å². The van der Waals surface area contributed by atoms with Gasteiger partial charge in [0.05, 0.1) is 7.05 Å². The van der Waals surface area contributed by atoms with Crippen molar-refractivity contribution in [2.24, 2.45) is 14.1 Å². The van der Waals surface area contributed by atoms with Crippen LogP contribution in [0.15, 0.2) is 54.7 Å². The number of carbonyl (C=O) groups is 1. The van der Waals surface area contributed by atoms with Crippen molar-refractivity contribution in [2.45, 2.75) is 0 Å². The lowest BCUT2D eigenvalue weighted by Gasteiger charge is -2.08. The standard InChI is InChI=1S/C19H18N6O2/c1-24-10-9-13-3-6-15(11-17(13)24)20-18(26)12-27-16-7-4-14(5-8-16)19-21-23-25(2)22-19/h3-11H,12H2,1-2H3,(H,20,26). The summed E-state index contributed by atoms with van der Waals surface area (Å²) in [7, 11) is 3.68. The number of hydrogen-bond donors (Lipinski definition) is 1. The van der Waals surface area contributed by atoms with Gasteiger partial charge in [-0.05, 0) is 53.1 Å². The second-order valence-corrected chi connectivity index (χ2v) is 6.16. The molecule has 2 aromatic carbocycles. The molecule has 8 nitrogen and oxygen atoms in total. The number of rotatable bonds is 5. The third-order valence-electron chi connectivity index (χ3n) is 4.16. The number of anilines is 1. The van der Waals surface area contributed by atoms with E-state index in [9.17, 15) is 4.79 Å². The molecule has 2 heterocycles. The second-order valence-electron chi connectivity index (χ2n) is 6.16. The summed E-state index contributed by atoms with van der Waals surface area (Å²) in [5.74, 6) is 0.914. The maximum atomic E-state index is 12.2. The van der Waals surface area contributed by atoms with Crippen LogP contribution >= 0.6 is 0 Å². The zero-order chi connectivity index (χ0) is 18.8. The van der Waals surface area contributed by atoms with Gasteiger partial charge < -0.3 is 14.6 Å². The van der Waals surface area contributed by atoms with Gasteiger partial charge in [0.15, 0.2) is 6.61 Å². The molecule has 4 aromatic rings. The van der Waals surface area contributed by atoms with Crippen LogP contribution in [0.3, 0.4) is 0 Å². The fraction of sp³-hybridized carbons (Fsp3) is 0.158. The first-order chi connectivity index (χ1) is 13.1. The highest BCUT2D eigenvalue weighted by molar-refractivity contribution is 5.94. The van der Waals surface area contributed by atoms with E-state index in [2.05, 4.69) is 20.7 Å². The average Bonchev–Trinajstić information content (AvgIpc) is 3.27. The minimum Gasteiger partial charge on any atom is -0.484 e. The summed E-state index contributed by atoms with van der Waals surface area (Å²) in [4.78, 5) is 13.6. The Morgan fingerprint density at radius 2 is 1.93 bits per heavy atom. The molecule has 0 radical (unpaired) electrons. The fourth-order valence-electron chi connectivity index (χ4n) is 2.79. The van der Waals surface area contributed by atoms with Gasteiger partial charge in [-0.2, -0.15) is 4.80 Å². The van der Waals surface area contributed by atoms with Crippen molar-refractivity contribution in [3.8, 4) is 17.1 Å². The number of amides is 1. The van der Waals surface area contributed by atoms with E-state index in [1.54, 1.807) is 19.2 Å². The smallest absolute Gasteiger partial charge is 0.262 e. The van der Waals surface area contributed by atoms with Gasteiger partial charge in [-0.3, -0.25) is 4.79 Å². The SMILES string of the molecule is Cn1nnc(-c2ccc(OCC(=O)Nc3ccc4ccn(C)c4c3)cc2)n1. The van der Waals surface area contributed by atoms with Crippen molar-refractivity contribution in [3.05, 3.63) is 54.7 Å². The molecule has 0 aliphatic carbocycles. The lowest BCUT2D eigenvalue weighted by molar-refractivity contribution is -0.118. The summed E-state index contributed by atoms with van der Waals surface area (Å²) >= 11 is 0. The van der Waals surface area contributed by atoms with E-state index >= 15 is 0 Å². The van der Waals surface area contributed by atoms with Crippen LogP contribution in [0.1, 0.15) is 0 Å². The van der Waals surface area contributed by atoms with E-state index in [0.29, 0.717) is 11.6 Å². The van der Waals surface area contributed by atoms with Crippen LogP contribution in [0.4, 0.5) is 5.69 Å². The predicted molar refractivity (Wildman–Crippen MR) is 101 cm³/mol. The third-order valence-corrected chi connectivity index (χ3v) is 4.16. The zero-order valence-corrected chi connectivity index (χ0v) is 15.0. The van der Waals surface area contributed by atoms with Gasteiger partial charge in [0.25, 0.3) is 5.91 Å². The number of benzene rings is 2. The molecule has 27 heavy (non-hydrogen) atoms. The number of hydrogen-bond acceptors (Lipinski definition) is 5. The molecule has 0 aliphatic heterocycles. The molecule has 0 spiro atoms. The molecular weight excluding hydrogens is 344 g/mol. The van der Waals surface area contributed by atoms with Crippen LogP contribution in [0.2, 0.25) is 0 Å². The molecule has 0 saturated carbocycles. The molecule has 1 N–H and O–H groups in total. The Morgan fingerprint density at radius 1 is 1.11 bits per heavy atom. The van der Waals surface area contributed by atoms with Crippen molar-refractivity contribution < 1.29 is 9.53 Å². The minimum atomic E-state index is -0.219. The summed E-state index contributed by atoms with van der Waals surface area (Å²) in [5.41, 5.74) is 2.62. The minimum absolute atomic E-state index is 0.0755. The predicted octanol–water partition coefficient (Wildman–Crippen LogP) is 2.39. The Bertz CT molecular complexity index is 1100. The number of carbonyl (C=O) groups excluding carboxylic acids is 1. The summed E-state index contributed by atoms with van der Waals surface area (Å²) in [6.07, 6.45) is 1.99. The number of ether oxygens (including phenoxy) is 1. The van der Waals surface area contributed by atoms with Crippen LogP contribution in [-0.4, -0.2) is 37.3 Å². The van der Waals surface area contributed by atoms with Gasteiger partial charge in [0.1, 0.15) is 5.75 Å². The van der Waals surface area contributed by atoms with Crippen molar-refractivity contribution in [1.29, 1.82) is 0 Å². The highest BCUT2D eigenvalue weighted by atomic mass is 16.5. The molecule has 0 bridgehead atoms. The zero-order valence-electron chi connectivity index (χ0n) is 15.0. The first-order valence-corrected chi connectivity index (χ1v) is 8.41. The second kappa shape index (κ2) is 6.91. The third kappa shape index (κ3) is 3.64. The van der Waals surface area contributed by atoms with E-state index in [-0.39, 0.29) is 12.5 Å². The van der Waals surface area contributed by atoms with E-state index in [1.165, 1.54) is 4.80 Å². The van der Waals surface area contributed by atoms with Gasteiger partial charge in [-0.15, -0.1) is 10.2 Å². The Balaban J connectivity index is 1.36. The maximum Gasteiger partial charge on any atom is 0.262 e. The highest BCUT2D eigenvalue weighted by Crippen LogP contribution is 2.20. The number of aryl methyl sites for hydroxylation is 2. The molecule has 4 rings (SSSR count). The van der Waals surface area contributed by atoms with E-state index < -0.39 is 0 Å². The van der Waals surface area contributed by atoms with Crippen LogP contribution in [0.5, 0.6) is 5.75 Å². The van der Waals surface area contributed by atoms with Crippen molar-refractivity contribution >= 4 is 22.5 Å². The van der Waals surface area contributed by atoms with Gasteiger partial charge in [0.2, 0.25) is 5.82 Å². The van der Waals surface area contributed by atoms with Crippen LogP contribution in [0.25, 0.3) is 22.3 Å². The number of tetrazole rings is 1. The lowest BCUT2D eigenvalue weighted by Crippen LogP contribution is -2.20. The van der Waals surface area contributed by atoms with E-state index in [4.69, 9.17) is 4.74 Å². The largest absolute Gasteiger partial charge is 0.484 e. The molecule has 0 atom stereocenters. The molecule has 0 saturated heterocycles. The molecule has 0 fully saturated rings. The van der Waals surface area contributed by atoms with E-state index in [1.807, 2.05) is 54.2 Å². The number of nitrogens with one attached hydrogen (secondary N) is 1. The Morgan fingerprint density at radius 3 is 2.67 bits per heavy atom. The summed E-state index contributed by atoms with van der Waals surface area (Å²) in [6.45, 7) is -0.0755. The quantitative estimate of drug-likeness (QED) is 0.589. The summed E-state index contributed by atoms with van der Waals surface area (Å²) < 4.78 is 7.56. The highest BCUT2D eigenvalue weighted by Gasteiger charge is 2.07. The molecule has 2 aromatic heterocycles. The average molecular weight is 362 g/mol. The topological polar surface area (TPSA) is 86.9 Å². The normalized spacial score (nSPS) is 10.9. The number of nitrogens with zero attached hydrogens (tertiary/aromatic N) is 5. The van der Waals surface area contributed by atoms with Crippen LogP contribution in [0, 0.1) is 0 Å².